The molecule has 1 aromatic carbocycles. The normalized spacial score (nSPS) is 21.0. The maximum Gasteiger partial charge on any atom is 0.309 e. The van der Waals surface area contributed by atoms with Gasteiger partial charge in [-0.15, -0.1) is 0 Å². The Bertz CT molecular complexity index is 1070. The summed E-state index contributed by atoms with van der Waals surface area (Å²) in [5.74, 6) is -2.43. The minimum atomic E-state index is -1.52. The SMILES string of the molecule is O=C1CCC(=O)OC2(CNCCc3c2ccc(Cl)c3NC(CNC2CCCCC2)c2ccccn2)O1. The fourth-order valence-electron chi connectivity index (χ4n) is 5.41. The number of ether oxygens (including phenoxy) is 2. The van der Waals surface area contributed by atoms with Gasteiger partial charge in [-0.3, -0.25) is 14.6 Å². The van der Waals surface area contributed by atoms with Crippen molar-refractivity contribution in [3.05, 3.63) is 58.4 Å². The van der Waals surface area contributed by atoms with Gasteiger partial charge in [0.1, 0.15) is 0 Å². The monoisotopic (exact) mass is 512 g/mol. The molecular formula is C27H33ClN4O4. The summed E-state index contributed by atoms with van der Waals surface area (Å²) in [6.45, 7) is 1.49. The third kappa shape index (κ3) is 5.51. The van der Waals surface area contributed by atoms with Crippen LogP contribution in [-0.2, 0) is 31.3 Å². The van der Waals surface area contributed by atoms with Crippen LogP contribution in [0.5, 0.6) is 0 Å². The Morgan fingerprint density at radius 3 is 2.56 bits per heavy atom. The van der Waals surface area contributed by atoms with E-state index in [4.69, 9.17) is 21.1 Å². The number of nitrogens with zero attached hydrogens (tertiary/aromatic N) is 1. The van der Waals surface area contributed by atoms with E-state index in [1.807, 2.05) is 18.2 Å². The molecule has 1 spiro atoms. The van der Waals surface area contributed by atoms with Gasteiger partial charge in [-0.05, 0) is 55.6 Å². The van der Waals surface area contributed by atoms with Crippen LogP contribution >= 0.6 is 11.6 Å². The van der Waals surface area contributed by atoms with Gasteiger partial charge in [0.25, 0.3) is 5.79 Å². The average molecular weight is 513 g/mol. The molecule has 1 unspecified atom stereocenters. The lowest BCUT2D eigenvalue weighted by molar-refractivity contribution is -0.225. The number of carbonyl (C=O) groups excluding carboxylic acids is 2. The van der Waals surface area contributed by atoms with Gasteiger partial charge in [0.05, 0.1) is 41.8 Å². The van der Waals surface area contributed by atoms with Crippen molar-refractivity contribution in [3.63, 3.8) is 0 Å². The Kier molecular flexibility index (Phi) is 7.74. The average Bonchev–Trinajstić information content (AvgIpc) is 3.16. The van der Waals surface area contributed by atoms with Crippen LogP contribution in [0.4, 0.5) is 5.69 Å². The number of benzene rings is 1. The van der Waals surface area contributed by atoms with E-state index in [9.17, 15) is 9.59 Å². The van der Waals surface area contributed by atoms with Crippen molar-refractivity contribution < 1.29 is 19.1 Å². The van der Waals surface area contributed by atoms with Crippen LogP contribution in [0.3, 0.4) is 0 Å². The number of esters is 2. The summed E-state index contributed by atoms with van der Waals surface area (Å²) in [5.41, 5.74) is 3.16. The van der Waals surface area contributed by atoms with E-state index in [-0.39, 0.29) is 25.4 Å². The molecule has 2 aliphatic heterocycles. The first kappa shape index (κ1) is 25.0. The molecule has 9 heteroatoms. The van der Waals surface area contributed by atoms with Crippen LogP contribution in [0.1, 0.15) is 67.8 Å². The molecule has 2 fully saturated rings. The lowest BCUT2D eigenvalue weighted by Crippen LogP contribution is -2.43. The number of hydrogen-bond donors (Lipinski definition) is 3. The Labute approximate surface area is 216 Å². The largest absolute Gasteiger partial charge is 0.416 e. The standard InChI is InChI=1S/C27H33ClN4O4/c28-21-10-9-20-19(13-15-29-17-27(20)35-24(33)11-12-25(34)36-27)26(21)32-23(22-8-4-5-14-30-22)16-31-18-6-2-1-3-7-18/h4-5,8-10,14,18,23,29,31-32H,1-3,6-7,11-13,15-17H2. The fraction of sp³-hybridized carbons (Fsp3) is 0.519. The summed E-state index contributed by atoms with van der Waals surface area (Å²) in [6, 6.07) is 9.82. The molecular weight excluding hydrogens is 480 g/mol. The van der Waals surface area contributed by atoms with E-state index in [1.165, 1.54) is 32.1 Å². The number of nitrogens with one attached hydrogen (secondary N) is 3. The van der Waals surface area contributed by atoms with E-state index >= 15 is 0 Å². The molecule has 192 valence electrons. The Balaban J connectivity index is 1.49. The summed E-state index contributed by atoms with van der Waals surface area (Å²) in [4.78, 5) is 29.5. The molecule has 0 radical (unpaired) electrons. The lowest BCUT2D eigenvalue weighted by atomic mass is 9.94. The van der Waals surface area contributed by atoms with Crippen molar-refractivity contribution in [3.8, 4) is 0 Å². The number of carbonyl (C=O) groups is 2. The van der Waals surface area contributed by atoms with E-state index < -0.39 is 17.7 Å². The topological polar surface area (TPSA) is 102 Å². The van der Waals surface area contributed by atoms with Crippen LogP contribution < -0.4 is 16.0 Å². The van der Waals surface area contributed by atoms with Crippen molar-refractivity contribution in [2.75, 3.05) is 25.0 Å². The van der Waals surface area contributed by atoms with Gasteiger partial charge >= 0.3 is 11.9 Å². The molecule has 1 aliphatic carbocycles. The third-order valence-corrected chi connectivity index (χ3v) is 7.57. The summed E-state index contributed by atoms with van der Waals surface area (Å²) in [7, 11) is 0. The smallest absolute Gasteiger partial charge is 0.309 e. The zero-order chi connectivity index (χ0) is 25.0. The van der Waals surface area contributed by atoms with Crippen LogP contribution in [0, 0.1) is 0 Å². The van der Waals surface area contributed by atoms with Gasteiger partial charge < -0.3 is 25.4 Å². The predicted octanol–water partition coefficient (Wildman–Crippen LogP) is 3.99. The van der Waals surface area contributed by atoms with Crippen molar-refractivity contribution in [2.24, 2.45) is 0 Å². The third-order valence-electron chi connectivity index (χ3n) is 7.25. The van der Waals surface area contributed by atoms with Crippen LogP contribution in [0.2, 0.25) is 5.02 Å². The van der Waals surface area contributed by atoms with Crippen molar-refractivity contribution >= 4 is 29.2 Å². The highest BCUT2D eigenvalue weighted by molar-refractivity contribution is 6.33. The van der Waals surface area contributed by atoms with Crippen molar-refractivity contribution in [1.29, 1.82) is 0 Å². The van der Waals surface area contributed by atoms with E-state index in [0.717, 1.165) is 16.9 Å². The maximum atomic E-state index is 12.4. The molecule has 0 amide bonds. The second kappa shape index (κ2) is 11.2. The van der Waals surface area contributed by atoms with E-state index in [2.05, 4.69) is 20.9 Å². The lowest BCUT2D eigenvalue weighted by Gasteiger charge is -2.33. The number of fused-ring (bicyclic) bond motifs is 2. The molecule has 3 heterocycles. The van der Waals surface area contributed by atoms with Gasteiger partial charge in [-0.2, -0.15) is 0 Å². The highest BCUT2D eigenvalue weighted by atomic mass is 35.5. The molecule has 3 aliphatic rings. The van der Waals surface area contributed by atoms with Gasteiger partial charge in [-0.25, -0.2) is 0 Å². The molecule has 2 aromatic rings. The second-order valence-corrected chi connectivity index (χ2v) is 10.2. The van der Waals surface area contributed by atoms with Crippen LogP contribution in [0.25, 0.3) is 0 Å². The molecule has 36 heavy (non-hydrogen) atoms. The van der Waals surface area contributed by atoms with Gasteiger partial charge in [-0.1, -0.05) is 36.9 Å². The van der Waals surface area contributed by atoms with Crippen LogP contribution in [0.15, 0.2) is 36.5 Å². The molecule has 3 N–H and O–H groups in total. The van der Waals surface area contributed by atoms with Crippen LogP contribution in [-0.4, -0.2) is 42.6 Å². The second-order valence-electron chi connectivity index (χ2n) is 9.77. The molecule has 1 saturated heterocycles. The molecule has 5 rings (SSSR count). The Morgan fingerprint density at radius 1 is 1.06 bits per heavy atom. The number of hydrogen-bond acceptors (Lipinski definition) is 8. The minimum absolute atomic E-state index is 0.00317. The summed E-state index contributed by atoms with van der Waals surface area (Å²) < 4.78 is 11.6. The first-order valence-corrected chi connectivity index (χ1v) is 13.3. The van der Waals surface area contributed by atoms with Crippen molar-refractivity contribution in [1.82, 2.24) is 15.6 Å². The highest BCUT2D eigenvalue weighted by Crippen LogP contribution is 2.41. The maximum absolute atomic E-state index is 12.4. The zero-order valence-corrected chi connectivity index (χ0v) is 21.1. The first-order chi connectivity index (χ1) is 17.5. The number of halogens is 1. The zero-order valence-electron chi connectivity index (χ0n) is 20.4. The molecule has 8 nitrogen and oxygen atoms in total. The summed E-state index contributed by atoms with van der Waals surface area (Å²) >= 11 is 6.77. The first-order valence-electron chi connectivity index (χ1n) is 12.9. The minimum Gasteiger partial charge on any atom is -0.416 e. The summed E-state index contributed by atoms with van der Waals surface area (Å²) in [5, 5.41) is 11.2. The summed E-state index contributed by atoms with van der Waals surface area (Å²) in [6.07, 6.45) is 8.60. The quantitative estimate of drug-likeness (QED) is 0.499. The number of aromatic nitrogens is 1. The van der Waals surface area contributed by atoms with Crippen molar-refractivity contribution in [2.45, 2.75) is 69.2 Å². The highest BCUT2D eigenvalue weighted by Gasteiger charge is 2.46. The number of anilines is 1. The van der Waals surface area contributed by atoms with E-state index in [0.29, 0.717) is 36.1 Å². The number of pyridine rings is 1. The number of rotatable bonds is 6. The molecule has 1 atom stereocenters. The molecule has 0 bridgehead atoms. The Morgan fingerprint density at radius 2 is 1.83 bits per heavy atom. The van der Waals surface area contributed by atoms with Gasteiger partial charge in [0, 0.05) is 24.3 Å². The fourth-order valence-corrected chi connectivity index (χ4v) is 5.64. The van der Waals surface area contributed by atoms with Gasteiger partial charge in [0.15, 0.2) is 0 Å². The predicted molar refractivity (Wildman–Crippen MR) is 137 cm³/mol. The van der Waals surface area contributed by atoms with E-state index in [1.54, 1.807) is 18.3 Å². The molecule has 1 aromatic heterocycles. The van der Waals surface area contributed by atoms with Gasteiger partial charge in [0.2, 0.25) is 0 Å². The Hall–Kier alpha value is -2.68. The molecule has 1 saturated carbocycles.